The van der Waals surface area contributed by atoms with Crippen LogP contribution in [0.5, 0.6) is 0 Å². The fourth-order valence-corrected chi connectivity index (χ4v) is 3.08. The van der Waals surface area contributed by atoms with Gasteiger partial charge in [0.2, 0.25) is 5.91 Å². The number of benzene rings is 2. The summed E-state index contributed by atoms with van der Waals surface area (Å²) in [4.78, 5) is 26.9. The molecule has 2 aromatic rings. The van der Waals surface area contributed by atoms with Crippen molar-refractivity contribution in [2.75, 3.05) is 12.4 Å². The normalized spacial score (nSPS) is 15.3. The molecule has 0 saturated heterocycles. The van der Waals surface area contributed by atoms with Gasteiger partial charge >= 0.3 is 0 Å². The number of carbonyl (C=O) groups excluding carboxylic acids is 2. The Bertz CT molecular complexity index is 826. The van der Waals surface area contributed by atoms with Gasteiger partial charge in [-0.2, -0.15) is 0 Å². The van der Waals surface area contributed by atoms with E-state index < -0.39 is 0 Å². The number of carbonyl (C=O) groups is 2. The second kappa shape index (κ2) is 6.71. The third kappa shape index (κ3) is 3.29. The van der Waals surface area contributed by atoms with Crippen molar-refractivity contribution in [3.8, 4) is 0 Å². The van der Waals surface area contributed by atoms with E-state index in [2.05, 4.69) is 11.4 Å². The van der Waals surface area contributed by atoms with Gasteiger partial charge in [-0.3, -0.25) is 9.59 Å². The molecule has 1 aliphatic carbocycles. The number of anilines is 1. The lowest BCUT2D eigenvalue weighted by Gasteiger charge is -2.29. The summed E-state index contributed by atoms with van der Waals surface area (Å²) in [6.45, 7) is 5.87. The van der Waals surface area contributed by atoms with E-state index >= 15 is 0 Å². The minimum absolute atomic E-state index is 0.0156. The number of nitrogens with zero attached hydrogens (tertiary/aromatic N) is 1. The van der Waals surface area contributed by atoms with Crippen molar-refractivity contribution in [3.63, 3.8) is 0 Å². The summed E-state index contributed by atoms with van der Waals surface area (Å²) in [5, 5.41) is 2.97. The Hall–Kier alpha value is -2.62. The van der Waals surface area contributed by atoms with Crippen LogP contribution in [-0.2, 0) is 11.2 Å². The smallest absolute Gasteiger partial charge is 0.254 e. The summed E-state index contributed by atoms with van der Waals surface area (Å²) in [6.07, 6.45) is 0.774. The molecule has 1 atom stereocenters. The van der Waals surface area contributed by atoms with Crippen LogP contribution in [-0.4, -0.2) is 29.8 Å². The molecule has 3 rings (SSSR count). The van der Waals surface area contributed by atoms with Crippen molar-refractivity contribution in [3.05, 3.63) is 64.7 Å². The van der Waals surface area contributed by atoms with Crippen LogP contribution >= 0.6 is 0 Å². The van der Waals surface area contributed by atoms with Crippen LogP contribution in [0.25, 0.3) is 0 Å². The van der Waals surface area contributed by atoms with Gasteiger partial charge in [0.15, 0.2) is 0 Å². The molecule has 0 fully saturated rings. The van der Waals surface area contributed by atoms with Crippen LogP contribution in [0.3, 0.4) is 0 Å². The summed E-state index contributed by atoms with van der Waals surface area (Å²) in [5.41, 5.74) is 4.54. The predicted molar refractivity (Wildman–Crippen MR) is 99.9 cm³/mol. The second-order valence-corrected chi connectivity index (χ2v) is 6.98. The van der Waals surface area contributed by atoms with Gasteiger partial charge in [-0.05, 0) is 56.0 Å². The number of hydrogen-bond donors (Lipinski definition) is 1. The second-order valence-electron chi connectivity index (χ2n) is 6.98. The van der Waals surface area contributed by atoms with Crippen LogP contribution in [0.15, 0.2) is 42.5 Å². The van der Waals surface area contributed by atoms with Crippen LogP contribution in [0.2, 0.25) is 0 Å². The average Bonchev–Trinajstić information content (AvgIpc) is 2.56. The molecule has 0 aromatic heterocycles. The predicted octanol–water partition coefficient (Wildman–Crippen LogP) is 3.75. The Morgan fingerprint density at radius 1 is 1.16 bits per heavy atom. The maximum absolute atomic E-state index is 12.6. The van der Waals surface area contributed by atoms with Gasteiger partial charge in [-0.1, -0.05) is 30.3 Å². The van der Waals surface area contributed by atoms with Crippen LogP contribution in [0.1, 0.15) is 46.8 Å². The lowest BCUT2D eigenvalue weighted by molar-refractivity contribution is -0.118. The first-order valence-corrected chi connectivity index (χ1v) is 8.65. The monoisotopic (exact) mass is 336 g/mol. The Balaban J connectivity index is 1.77. The van der Waals surface area contributed by atoms with E-state index in [1.807, 2.05) is 51.1 Å². The first-order chi connectivity index (χ1) is 11.9. The number of amides is 2. The summed E-state index contributed by atoms with van der Waals surface area (Å²) >= 11 is 0. The SMILES string of the molecule is Cc1ccc(NC(=O)C2Cc3ccccc32)cc1C(=O)N(C)C(C)C. The largest absolute Gasteiger partial charge is 0.339 e. The van der Waals surface area contributed by atoms with Gasteiger partial charge in [0.25, 0.3) is 5.91 Å². The molecular formula is C21H24N2O2. The molecule has 0 aliphatic heterocycles. The fraction of sp³-hybridized carbons (Fsp3) is 0.333. The van der Waals surface area contributed by atoms with Crippen molar-refractivity contribution < 1.29 is 9.59 Å². The topological polar surface area (TPSA) is 49.4 Å². The molecule has 0 spiro atoms. The van der Waals surface area contributed by atoms with Crippen molar-refractivity contribution in [1.29, 1.82) is 0 Å². The Labute approximate surface area is 148 Å². The van der Waals surface area contributed by atoms with Crippen LogP contribution < -0.4 is 5.32 Å². The van der Waals surface area contributed by atoms with Gasteiger partial charge in [0, 0.05) is 24.3 Å². The molecule has 25 heavy (non-hydrogen) atoms. The molecule has 2 aromatic carbocycles. The lowest BCUT2D eigenvalue weighted by Crippen LogP contribution is -2.33. The summed E-state index contributed by atoms with van der Waals surface area (Å²) < 4.78 is 0. The minimum atomic E-state index is -0.102. The Kier molecular flexibility index (Phi) is 4.62. The molecule has 130 valence electrons. The number of aryl methyl sites for hydroxylation is 1. The van der Waals surface area contributed by atoms with Crippen molar-refractivity contribution in [2.45, 2.75) is 39.2 Å². The molecule has 1 N–H and O–H groups in total. The molecule has 1 aliphatic rings. The highest BCUT2D eigenvalue weighted by molar-refractivity contribution is 6.00. The highest BCUT2D eigenvalue weighted by Gasteiger charge is 2.31. The van der Waals surface area contributed by atoms with Gasteiger partial charge in [0.05, 0.1) is 5.92 Å². The quantitative estimate of drug-likeness (QED) is 0.924. The molecule has 2 amide bonds. The summed E-state index contributed by atoms with van der Waals surface area (Å²) in [5.74, 6) is -0.147. The molecule has 0 radical (unpaired) electrons. The summed E-state index contributed by atoms with van der Waals surface area (Å²) in [7, 11) is 1.79. The van der Waals surface area contributed by atoms with Crippen molar-refractivity contribution in [1.82, 2.24) is 4.90 Å². The number of fused-ring (bicyclic) bond motifs is 1. The first-order valence-electron chi connectivity index (χ1n) is 8.65. The molecule has 0 heterocycles. The number of hydrogen-bond acceptors (Lipinski definition) is 2. The molecule has 4 nitrogen and oxygen atoms in total. The van der Waals surface area contributed by atoms with E-state index in [9.17, 15) is 9.59 Å². The zero-order chi connectivity index (χ0) is 18.1. The van der Waals surface area contributed by atoms with E-state index in [1.165, 1.54) is 5.56 Å². The third-order valence-electron chi connectivity index (χ3n) is 5.00. The summed E-state index contributed by atoms with van der Waals surface area (Å²) in [6, 6.07) is 13.7. The Morgan fingerprint density at radius 3 is 2.56 bits per heavy atom. The molecular weight excluding hydrogens is 312 g/mol. The van der Waals surface area contributed by atoms with Gasteiger partial charge in [-0.25, -0.2) is 0 Å². The maximum Gasteiger partial charge on any atom is 0.254 e. The lowest BCUT2D eigenvalue weighted by atomic mass is 9.77. The number of nitrogens with one attached hydrogen (secondary N) is 1. The van der Waals surface area contributed by atoms with Crippen molar-refractivity contribution >= 4 is 17.5 Å². The first kappa shape index (κ1) is 17.2. The highest BCUT2D eigenvalue weighted by Crippen LogP contribution is 2.35. The number of rotatable bonds is 4. The third-order valence-corrected chi connectivity index (χ3v) is 5.00. The maximum atomic E-state index is 12.6. The fourth-order valence-electron chi connectivity index (χ4n) is 3.08. The van der Waals surface area contributed by atoms with Crippen molar-refractivity contribution in [2.24, 2.45) is 0 Å². The average molecular weight is 336 g/mol. The molecule has 0 saturated carbocycles. The van der Waals surface area contributed by atoms with E-state index in [1.54, 1.807) is 18.0 Å². The van der Waals surface area contributed by atoms with E-state index in [4.69, 9.17) is 0 Å². The molecule has 0 bridgehead atoms. The van der Waals surface area contributed by atoms with Crippen LogP contribution in [0, 0.1) is 6.92 Å². The molecule has 4 heteroatoms. The van der Waals surface area contributed by atoms with E-state index in [0.717, 1.165) is 17.5 Å². The molecule has 1 unspecified atom stereocenters. The Morgan fingerprint density at radius 2 is 1.88 bits per heavy atom. The van der Waals surface area contributed by atoms with Gasteiger partial charge in [0.1, 0.15) is 0 Å². The zero-order valence-electron chi connectivity index (χ0n) is 15.2. The van der Waals surface area contributed by atoms with Gasteiger partial charge in [-0.15, -0.1) is 0 Å². The van der Waals surface area contributed by atoms with Gasteiger partial charge < -0.3 is 10.2 Å². The van der Waals surface area contributed by atoms with E-state index in [0.29, 0.717) is 11.3 Å². The van der Waals surface area contributed by atoms with E-state index in [-0.39, 0.29) is 23.8 Å². The minimum Gasteiger partial charge on any atom is -0.339 e. The highest BCUT2D eigenvalue weighted by atomic mass is 16.2. The zero-order valence-corrected chi connectivity index (χ0v) is 15.2. The van der Waals surface area contributed by atoms with Crippen LogP contribution in [0.4, 0.5) is 5.69 Å². The standard InChI is InChI=1S/C21H24N2O2/c1-13(2)23(4)21(25)18-12-16(10-9-14(18)3)22-20(24)19-11-15-7-5-6-8-17(15)19/h5-10,12-13,19H,11H2,1-4H3,(H,22,24).